The van der Waals surface area contributed by atoms with Gasteiger partial charge in [-0.2, -0.15) is 13.2 Å². The van der Waals surface area contributed by atoms with Crippen LogP contribution in [-0.2, 0) is 20.4 Å². The number of anilines is 2. The number of imidazole rings is 1. The molecule has 4 rings (SSSR count). The molecule has 3 aromatic heterocycles. The molecule has 4 heterocycles. The molecule has 37 heavy (non-hydrogen) atoms. The molecule has 1 aliphatic heterocycles. The first-order valence-electron chi connectivity index (χ1n) is 11.5. The van der Waals surface area contributed by atoms with Crippen LogP contribution in [0.4, 0.5) is 29.6 Å². The molecule has 0 aliphatic carbocycles. The van der Waals surface area contributed by atoms with E-state index >= 15 is 0 Å². The second-order valence-corrected chi connectivity index (χ2v) is 9.66. The normalized spacial score (nSPS) is 16.3. The SMILES string of the molecule is CC(C)(C)OC(=O)N1CCC(OCC(=O)Nc2cn3cc(-c4cnc(N)c(C(F)(F)F)c4)ccc3n2)C1. The van der Waals surface area contributed by atoms with Gasteiger partial charge in [-0.25, -0.2) is 14.8 Å². The van der Waals surface area contributed by atoms with Crippen molar-refractivity contribution in [2.45, 2.75) is 45.1 Å². The van der Waals surface area contributed by atoms with Gasteiger partial charge in [0.2, 0.25) is 0 Å². The Morgan fingerprint density at radius 1 is 1.19 bits per heavy atom. The van der Waals surface area contributed by atoms with E-state index in [9.17, 15) is 22.8 Å². The third kappa shape index (κ3) is 6.47. The third-order valence-electron chi connectivity index (χ3n) is 5.52. The van der Waals surface area contributed by atoms with Crippen molar-refractivity contribution >= 4 is 29.3 Å². The second-order valence-electron chi connectivity index (χ2n) is 9.66. The number of likely N-dealkylation sites (tertiary alicyclic amines) is 1. The van der Waals surface area contributed by atoms with E-state index in [1.807, 2.05) is 0 Å². The maximum absolute atomic E-state index is 13.2. The summed E-state index contributed by atoms with van der Waals surface area (Å²) in [4.78, 5) is 34.0. The highest BCUT2D eigenvalue weighted by Crippen LogP contribution is 2.35. The number of alkyl halides is 3. The summed E-state index contributed by atoms with van der Waals surface area (Å²) in [7, 11) is 0. The highest BCUT2D eigenvalue weighted by molar-refractivity contribution is 5.91. The highest BCUT2D eigenvalue weighted by Gasteiger charge is 2.34. The van der Waals surface area contributed by atoms with Crippen LogP contribution in [0.2, 0.25) is 0 Å². The number of hydrogen-bond acceptors (Lipinski definition) is 7. The number of rotatable bonds is 5. The van der Waals surface area contributed by atoms with E-state index in [1.165, 1.54) is 12.4 Å². The Morgan fingerprint density at radius 3 is 2.65 bits per heavy atom. The number of ether oxygens (including phenoxy) is 2. The summed E-state index contributed by atoms with van der Waals surface area (Å²) in [5, 5.41) is 2.64. The lowest BCUT2D eigenvalue weighted by molar-refractivity contribution is -0.137. The lowest BCUT2D eigenvalue weighted by atomic mass is 10.1. The summed E-state index contributed by atoms with van der Waals surface area (Å²) in [6.07, 6.45) is -0.390. The molecular formula is C24H27F3N6O4. The van der Waals surface area contributed by atoms with Gasteiger partial charge in [-0.1, -0.05) is 0 Å². The first-order chi connectivity index (χ1) is 17.3. The molecular weight excluding hydrogens is 493 g/mol. The van der Waals surface area contributed by atoms with Gasteiger partial charge in [-0.05, 0) is 45.4 Å². The number of pyridine rings is 2. The molecule has 0 spiro atoms. The van der Waals surface area contributed by atoms with Crippen molar-refractivity contribution in [1.29, 1.82) is 0 Å². The minimum absolute atomic E-state index is 0.230. The summed E-state index contributed by atoms with van der Waals surface area (Å²) in [5.74, 6) is -0.779. The van der Waals surface area contributed by atoms with Gasteiger partial charge in [-0.15, -0.1) is 0 Å². The van der Waals surface area contributed by atoms with Gasteiger partial charge in [0.05, 0.1) is 24.4 Å². The van der Waals surface area contributed by atoms with Crippen molar-refractivity contribution in [1.82, 2.24) is 19.3 Å². The molecule has 0 saturated carbocycles. The largest absolute Gasteiger partial charge is 0.444 e. The maximum Gasteiger partial charge on any atom is 0.419 e. The molecule has 2 amide bonds. The second kappa shape index (κ2) is 9.88. The van der Waals surface area contributed by atoms with Gasteiger partial charge in [-0.3, -0.25) is 4.79 Å². The Bertz CT molecular complexity index is 1320. The van der Waals surface area contributed by atoms with Crippen LogP contribution in [0, 0.1) is 0 Å². The fourth-order valence-corrected chi connectivity index (χ4v) is 3.81. The van der Waals surface area contributed by atoms with Crippen molar-refractivity contribution < 1.29 is 32.2 Å². The van der Waals surface area contributed by atoms with Gasteiger partial charge >= 0.3 is 12.3 Å². The number of nitrogens with one attached hydrogen (secondary N) is 1. The van der Waals surface area contributed by atoms with Gasteiger partial charge in [0.25, 0.3) is 5.91 Å². The number of fused-ring (bicyclic) bond motifs is 1. The summed E-state index contributed by atoms with van der Waals surface area (Å²) in [6, 6.07) is 4.14. The van der Waals surface area contributed by atoms with E-state index in [0.717, 1.165) is 6.07 Å². The minimum Gasteiger partial charge on any atom is -0.444 e. The minimum atomic E-state index is -4.63. The summed E-state index contributed by atoms with van der Waals surface area (Å²) < 4.78 is 52.1. The van der Waals surface area contributed by atoms with Crippen LogP contribution in [-0.4, -0.2) is 62.7 Å². The van der Waals surface area contributed by atoms with E-state index < -0.39 is 35.2 Å². The number of nitrogen functional groups attached to an aromatic ring is 1. The molecule has 1 unspecified atom stereocenters. The van der Waals surface area contributed by atoms with Crippen LogP contribution >= 0.6 is 0 Å². The Labute approximate surface area is 210 Å². The van der Waals surface area contributed by atoms with Crippen LogP contribution in [0.5, 0.6) is 0 Å². The average Bonchev–Trinajstić information content (AvgIpc) is 3.42. The molecule has 1 aliphatic rings. The monoisotopic (exact) mass is 520 g/mol. The number of nitrogens with zero attached hydrogens (tertiary/aromatic N) is 4. The van der Waals surface area contributed by atoms with Crippen LogP contribution in [0.3, 0.4) is 0 Å². The highest BCUT2D eigenvalue weighted by atomic mass is 19.4. The molecule has 13 heteroatoms. The standard InChI is InChI=1S/C24H27F3N6O4/c1-23(2,3)37-22(35)32-7-6-16(11-32)36-13-20(34)31-18-12-33-10-14(4-5-19(33)30-18)15-8-17(24(25,26)27)21(28)29-9-15/h4-5,8-10,12,16H,6-7,11,13H2,1-3H3,(H2,28,29)(H,31,34). The number of halogens is 3. The molecule has 3 N–H and O–H groups in total. The van der Waals surface area contributed by atoms with Gasteiger partial charge in [0, 0.05) is 30.1 Å². The van der Waals surface area contributed by atoms with Crippen LogP contribution in [0.25, 0.3) is 16.8 Å². The Hall–Kier alpha value is -3.87. The van der Waals surface area contributed by atoms with Gasteiger partial charge < -0.3 is 29.8 Å². The number of carbonyl (C=O) groups excluding carboxylic acids is 2. The van der Waals surface area contributed by atoms with Crippen molar-refractivity contribution in [2.24, 2.45) is 0 Å². The van der Waals surface area contributed by atoms with E-state index in [2.05, 4.69) is 15.3 Å². The summed E-state index contributed by atoms with van der Waals surface area (Å²) >= 11 is 0. The van der Waals surface area contributed by atoms with Crippen molar-refractivity contribution in [3.8, 4) is 11.1 Å². The lowest BCUT2D eigenvalue weighted by Crippen LogP contribution is -2.36. The lowest BCUT2D eigenvalue weighted by Gasteiger charge is -2.24. The van der Waals surface area contributed by atoms with Crippen molar-refractivity contribution in [3.05, 3.63) is 42.4 Å². The zero-order valence-corrected chi connectivity index (χ0v) is 20.5. The Kier molecular flexibility index (Phi) is 7.00. The van der Waals surface area contributed by atoms with E-state index in [1.54, 1.807) is 48.4 Å². The van der Waals surface area contributed by atoms with Gasteiger partial charge in [0.1, 0.15) is 23.7 Å². The number of aromatic nitrogens is 3. The van der Waals surface area contributed by atoms with Crippen LogP contribution in [0.15, 0.2) is 36.8 Å². The molecule has 198 valence electrons. The predicted octanol–water partition coefficient (Wildman–Crippen LogP) is 3.96. The predicted molar refractivity (Wildman–Crippen MR) is 129 cm³/mol. The quantitative estimate of drug-likeness (QED) is 0.522. The first-order valence-corrected chi connectivity index (χ1v) is 11.5. The van der Waals surface area contributed by atoms with Crippen LogP contribution < -0.4 is 11.1 Å². The van der Waals surface area contributed by atoms with Gasteiger partial charge in [0.15, 0.2) is 5.82 Å². The molecule has 10 nitrogen and oxygen atoms in total. The smallest absolute Gasteiger partial charge is 0.419 e. The van der Waals surface area contributed by atoms with Crippen molar-refractivity contribution in [3.63, 3.8) is 0 Å². The topological polar surface area (TPSA) is 124 Å². The van der Waals surface area contributed by atoms with E-state index in [0.29, 0.717) is 30.7 Å². The zero-order chi connectivity index (χ0) is 27.0. The Morgan fingerprint density at radius 2 is 1.95 bits per heavy atom. The molecule has 1 saturated heterocycles. The number of nitrogens with two attached hydrogens (primary N) is 1. The Balaban J connectivity index is 1.36. The number of carbonyl (C=O) groups is 2. The fourth-order valence-electron chi connectivity index (χ4n) is 3.81. The third-order valence-corrected chi connectivity index (χ3v) is 5.52. The van der Waals surface area contributed by atoms with Crippen LogP contribution in [0.1, 0.15) is 32.8 Å². The molecule has 1 atom stereocenters. The van der Waals surface area contributed by atoms with E-state index in [4.69, 9.17) is 15.2 Å². The van der Waals surface area contributed by atoms with E-state index in [-0.39, 0.29) is 24.1 Å². The zero-order valence-electron chi connectivity index (χ0n) is 20.5. The number of hydrogen-bond donors (Lipinski definition) is 2. The fraction of sp³-hybridized carbons (Fsp3) is 0.417. The molecule has 0 bridgehead atoms. The maximum atomic E-state index is 13.2. The number of amides is 2. The molecule has 0 radical (unpaired) electrons. The first kappa shape index (κ1) is 26.2. The average molecular weight is 521 g/mol. The molecule has 3 aromatic rings. The summed E-state index contributed by atoms with van der Waals surface area (Å²) in [5.41, 5.74) is 4.94. The summed E-state index contributed by atoms with van der Waals surface area (Å²) in [6.45, 7) is 5.94. The van der Waals surface area contributed by atoms with Crippen molar-refractivity contribution in [2.75, 3.05) is 30.7 Å². The molecule has 1 fully saturated rings. The molecule has 0 aromatic carbocycles.